The van der Waals surface area contributed by atoms with Crippen LogP contribution in [0.15, 0.2) is 41.3 Å². The Morgan fingerprint density at radius 2 is 1.67 bits per heavy atom. The molecule has 0 atom stereocenters. The van der Waals surface area contributed by atoms with Crippen LogP contribution in [0.1, 0.15) is 34.3 Å². The van der Waals surface area contributed by atoms with Crippen molar-refractivity contribution in [3.63, 3.8) is 0 Å². The van der Waals surface area contributed by atoms with Crippen LogP contribution in [-0.2, 0) is 14.8 Å². The van der Waals surface area contributed by atoms with Crippen LogP contribution in [0.3, 0.4) is 0 Å². The topological polar surface area (TPSA) is 102 Å². The van der Waals surface area contributed by atoms with E-state index in [1.165, 1.54) is 12.1 Å². The van der Waals surface area contributed by atoms with Crippen LogP contribution in [0.25, 0.3) is 0 Å². The van der Waals surface area contributed by atoms with Crippen LogP contribution in [0.5, 0.6) is 5.75 Å². The van der Waals surface area contributed by atoms with Gasteiger partial charge in [-0.3, -0.25) is 4.79 Å². The molecule has 0 saturated carbocycles. The van der Waals surface area contributed by atoms with Crippen LogP contribution in [0.2, 0.25) is 0 Å². The fraction of sp³-hybridized carbons (Fsp3) is 0.458. The first-order valence-electron chi connectivity index (χ1n) is 11.3. The van der Waals surface area contributed by atoms with Gasteiger partial charge < -0.3 is 19.3 Å². The maximum Gasteiger partial charge on any atom is 0.256 e. The lowest BCUT2D eigenvalue weighted by atomic mass is 10.0. The predicted molar refractivity (Wildman–Crippen MR) is 126 cm³/mol. The van der Waals surface area contributed by atoms with Crippen LogP contribution in [0, 0.1) is 13.8 Å². The van der Waals surface area contributed by atoms with Gasteiger partial charge in [0.1, 0.15) is 11.9 Å². The number of piperidine rings is 1. The Morgan fingerprint density at radius 1 is 1.03 bits per heavy atom. The molecule has 178 valence electrons. The van der Waals surface area contributed by atoms with E-state index in [2.05, 4.69) is 4.90 Å². The van der Waals surface area contributed by atoms with Gasteiger partial charge in [-0.15, -0.1) is 0 Å². The number of ether oxygens (including phenoxy) is 2. The standard InChI is InChI=1S/C24H31N3O5S/c1-17-4-3-5-18(2)23(17)32-19-8-10-27(11-9-19)24(28)21-16-20(33(25,29)30)6-7-22(21)26-12-14-31-15-13-26/h3-7,16,19H,8-15H2,1-2H3,(H2,25,29,30). The summed E-state index contributed by atoms with van der Waals surface area (Å²) in [4.78, 5) is 17.3. The molecule has 8 nitrogen and oxygen atoms in total. The van der Waals surface area contributed by atoms with Crippen molar-refractivity contribution >= 4 is 21.6 Å². The molecule has 2 fully saturated rings. The summed E-state index contributed by atoms with van der Waals surface area (Å²) in [6, 6.07) is 10.6. The van der Waals surface area contributed by atoms with E-state index in [9.17, 15) is 13.2 Å². The van der Waals surface area contributed by atoms with Crippen molar-refractivity contribution in [2.45, 2.75) is 37.7 Å². The molecular weight excluding hydrogens is 442 g/mol. The minimum absolute atomic E-state index is 0.0308. The molecule has 33 heavy (non-hydrogen) atoms. The third kappa shape index (κ3) is 5.31. The number of rotatable bonds is 5. The molecule has 2 aromatic carbocycles. The molecule has 4 rings (SSSR count). The first-order chi connectivity index (χ1) is 15.7. The highest BCUT2D eigenvalue weighted by Crippen LogP contribution is 2.29. The molecule has 2 N–H and O–H groups in total. The number of likely N-dealkylation sites (tertiary alicyclic amines) is 1. The highest BCUT2D eigenvalue weighted by atomic mass is 32.2. The summed E-state index contributed by atoms with van der Waals surface area (Å²) < 4.78 is 35.6. The summed E-state index contributed by atoms with van der Waals surface area (Å²) in [6.45, 7) is 7.55. The van der Waals surface area contributed by atoms with E-state index in [-0.39, 0.29) is 16.9 Å². The second-order valence-corrected chi connectivity index (χ2v) is 10.2. The van der Waals surface area contributed by atoms with Crippen LogP contribution < -0.4 is 14.8 Å². The third-order valence-electron chi connectivity index (χ3n) is 6.30. The molecule has 0 unspecified atom stereocenters. The molecule has 0 radical (unpaired) electrons. The van der Waals surface area contributed by atoms with Crippen molar-refractivity contribution in [2.24, 2.45) is 5.14 Å². The maximum atomic E-state index is 13.5. The predicted octanol–water partition coefficient (Wildman–Crippen LogP) is 2.47. The van der Waals surface area contributed by atoms with Gasteiger partial charge in [-0.1, -0.05) is 18.2 Å². The normalized spacial score (nSPS) is 17.8. The van der Waals surface area contributed by atoms with Gasteiger partial charge in [-0.2, -0.15) is 0 Å². The van der Waals surface area contributed by atoms with Gasteiger partial charge in [-0.05, 0) is 43.2 Å². The number of morpholine rings is 1. The Kier molecular flexibility index (Phi) is 6.92. The molecule has 2 heterocycles. The summed E-state index contributed by atoms with van der Waals surface area (Å²) in [6.07, 6.45) is 1.45. The number of para-hydroxylation sites is 1. The summed E-state index contributed by atoms with van der Waals surface area (Å²) in [5.41, 5.74) is 3.27. The monoisotopic (exact) mass is 473 g/mol. The minimum Gasteiger partial charge on any atom is -0.490 e. The molecule has 2 aliphatic rings. The van der Waals surface area contributed by atoms with E-state index in [4.69, 9.17) is 14.6 Å². The van der Waals surface area contributed by atoms with E-state index >= 15 is 0 Å². The van der Waals surface area contributed by atoms with Crippen LogP contribution >= 0.6 is 0 Å². The second-order valence-electron chi connectivity index (χ2n) is 8.65. The van der Waals surface area contributed by atoms with Gasteiger partial charge >= 0.3 is 0 Å². The van der Waals surface area contributed by atoms with Crippen molar-refractivity contribution in [3.8, 4) is 5.75 Å². The summed E-state index contributed by atoms with van der Waals surface area (Å²) in [5, 5.41) is 5.35. The Morgan fingerprint density at radius 3 is 2.27 bits per heavy atom. The zero-order valence-electron chi connectivity index (χ0n) is 19.1. The Balaban J connectivity index is 1.51. The number of hydrogen-bond acceptors (Lipinski definition) is 6. The molecule has 0 spiro atoms. The lowest BCUT2D eigenvalue weighted by molar-refractivity contribution is 0.0592. The van der Waals surface area contributed by atoms with Gasteiger partial charge in [0.2, 0.25) is 10.0 Å². The number of carbonyl (C=O) groups is 1. The van der Waals surface area contributed by atoms with E-state index in [1.54, 1.807) is 11.0 Å². The molecule has 1 amide bonds. The largest absolute Gasteiger partial charge is 0.490 e. The molecule has 0 bridgehead atoms. The fourth-order valence-corrected chi connectivity index (χ4v) is 4.98. The first kappa shape index (κ1) is 23.5. The van der Waals surface area contributed by atoms with Crippen LogP contribution in [-0.4, -0.2) is 64.7 Å². The van der Waals surface area contributed by atoms with Gasteiger partial charge in [0.05, 0.1) is 23.7 Å². The molecule has 0 aliphatic carbocycles. The number of primary sulfonamides is 1. The quantitative estimate of drug-likeness (QED) is 0.716. The molecule has 9 heteroatoms. The lowest BCUT2D eigenvalue weighted by Crippen LogP contribution is -2.43. The highest BCUT2D eigenvalue weighted by molar-refractivity contribution is 7.89. The Labute approximate surface area is 195 Å². The van der Waals surface area contributed by atoms with Crippen LogP contribution in [0.4, 0.5) is 5.69 Å². The Hall–Kier alpha value is -2.62. The average Bonchev–Trinajstić information content (AvgIpc) is 2.81. The van der Waals surface area contributed by atoms with Crippen molar-refractivity contribution in [1.29, 1.82) is 0 Å². The number of nitrogens with two attached hydrogens (primary N) is 1. The molecule has 2 aromatic rings. The number of sulfonamides is 1. The third-order valence-corrected chi connectivity index (χ3v) is 7.21. The number of nitrogens with zero attached hydrogens (tertiary/aromatic N) is 2. The number of hydrogen-bond donors (Lipinski definition) is 1. The molecular formula is C24H31N3O5S. The van der Waals surface area contributed by atoms with Gasteiger partial charge in [-0.25, -0.2) is 13.6 Å². The number of amides is 1. The number of benzene rings is 2. The molecule has 2 saturated heterocycles. The lowest BCUT2D eigenvalue weighted by Gasteiger charge is -2.35. The van der Waals surface area contributed by atoms with Crippen molar-refractivity contribution in [1.82, 2.24) is 4.90 Å². The summed E-state index contributed by atoms with van der Waals surface area (Å²) in [5.74, 6) is 0.727. The smallest absolute Gasteiger partial charge is 0.256 e. The van der Waals surface area contributed by atoms with Gasteiger partial charge in [0.25, 0.3) is 5.91 Å². The van der Waals surface area contributed by atoms with E-state index in [0.717, 1.165) is 16.9 Å². The minimum atomic E-state index is -3.92. The van der Waals surface area contributed by atoms with E-state index in [0.29, 0.717) is 63.5 Å². The second kappa shape index (κ2) is 9.70. The molecule has 0 aromatic heterocycles. The summed E-state index contributed by atoms with van der Waals surface area (Å²) in [7, 11) is -3.92. The number of carbonyl (C=O) groups excluding carboxylic acids is 1. The first-order valence-corrected chi connectivity index (χ1v) is 12.8. The van der Waals surface area contributed by atoms with E-state index < -0.39 is 10.0 Å². The highest BCUT2D eigenvalue weighted by Gasteiger charge is 2.29. The van der Waals surface area contributed by atoms with E-state index in [1.807, 2.05) is 32.0 Å². The van der Waals surface area contributed by atoms with Crippen molar-refractivity contribution in [3.05, 3.63) is 53.1 Å². The SMILES string of the molecule is Cc1cccc(C)c1OC1CCN(C(=O)c2cc(S(N)(=O)=O)ccc2N2CCOCC2)CC1. The number of aryl methyl sites for hydroxylation is 2. The van der Waals surface area contributed by atoms with Gasteiger partial charge in [0, 0.05) is 44.7 Å². The fourth-order valence-electron chi connectivity index (χ4n) is 4.44. The van der Waals surface area contributed by atoms with Gasteiger partial charge in [0.15, 0.2) is 0 Å². The zero-order chi connectivity index (χ0) is 23.6. The average molecular weight is 474 g/mol. The van der Waals surface area contributed by atoms with Crippen molar-refractivity contribution < 1.29 is 22.7 Å². The van der Waals surface area contributed by atoms with Crippen molar-refractivity contribution in [2.75, 3.05) is 44.3 Å². The molecule has 2 aliphatic heterocycles. The number of anilines is 1. The zero-order valence-corrected chi connectivity index (χ0v) is 19.9. The maximum absolute atomic E-state index is 13.5. The Bertz CT molecular complexity index is 1100. The summed E-state index contributed by atoms with van der Waals surface area (Å²) >= 11 is 0.